The molecular weight excluding hydrogens is 214 g/mol. The van der Waals surface area contributed by atoms with Gasteiger partial charge < -0.3 is 9.84 Å². The van der Waals surface area contributed by atoms with Crippen molar-refractivity contribution in [3.05, 3.63) is 17.7 Å². The number of anilines is 1. The fourth-order valence-corrected chi connectivity index (χ4v) is 1.15. The van der Waals surface area contributed by atoms with Gasteiger partial charge in [-0.15, -0.1) is 5.06 Å². The maximum Gasteiger partial charge on any atom is 0.438 e. The number of methoxy groups -OCH3 is 1. The number of aromatic nitrogens is 2. The summed E-state index contributed by atoms with van der Waals surface area (Å²) < 4.78 is 4.51. The monoisotopic (exact) mass is 227 g/mol. The number of nitrogens with zero attached hydrogens (tertiary/aromatic N) is 3. The van der Waals surface area contributed by atoms with Gasteiger partial charge in [0.15, 0.2) is 0 Å². The van der Waals surface area contributed by atoms with Crippen molar-refractivity contribution in [2.24, 2.45) is 0 Å². The van der Waals surface area contributed by atoms with E-state index in [1.54, 1.807) is 6.92 Å². The van der Waals surface area contributed by atoms with E-state index in [1.807, 2.05) is 0 Å². The minimum Gasteiger partial charge on any atom is -0.451 e. The van der Waals surface area contributed by atoms with E-state index in [-0.39, 0.29) is 12.3 Å². The first-order valence-corrected chi connectivity index (χ1v) is 4.49. The van der Waals surface area contributed by atoms with Crippen molar-refractivity contribution >= 4 is 11.8 Å². The lowest BCUT2D eigenvalue weighted by atomic mass is 10.3. The number of aliphatic hydroxyl groups is 1. The molecule has 1 heterocycles. The third kappa shape index (κ3) is 2.44. The van der Waals surface area contributed by atoms with Gasteiger partial charge in [-0.2, -0.15) is 0 Å². The van der Waals surface area contributed by atoms with E-state index in [4.69, 9.17) is 9.94 Å². The second-order valence-electron chi connectivity index (χ2n) is 2.85. The summed E-state index contributed by atoms with van der Waals surface area (Å²) in [4.78, 5) is 24.1. The fourth-order valence-electron chi connectivity index (χ4n) is 1.15. The van der Waals surface area contributed by atoms with Gasteiger partial charge in [-0.05, 0) is 6.92 Å². The summed E-state index contributed by atoms with van der Waals surface area (Å²) in [6, 6.07) is 0. The summed E-state index contributed by atoms with van der Waals surface area (Å²) in [5.41, 5.74) is 0.544. The second kappa shape index (κ2) is 5.38. The molecule has 0 aliphatic carbocycles. The SMILES string of the molecule is COC(=O)N(OC)c1cnc(C)nc1CO. The van der Waals surface area contributed by atoms with Crippen LogP contribution < -0.4 is 5.06 Å². The third-order valence-corrected chi connectivity index (χ3v) is 1.86. The van der Waals surface area contributed by atoms with Gasteiger partial charge in [0, 0.05) is 0 Å². The molecule has 7 heteroatoms. The molecule has 16 heavy (non-hydrogen) atoms. The van der Waals surface area contributed by atoms with Gasteiger partial charge in [0.25, 0.3) is 0 Å². The molecule has 0 saturated heterocycles. The summed E-state index contributed by atoms with van der Waals surface area (Å²) in [6.07, 6.45) is 0.665. The van der Waals surface area contributed by atoms with Crippen LogP contribution in [0.2, 0.25) is 0 Å². The zero-order chi connectivity index (χ0) is 12.1. The first kappa shape index (κ1) is 12.3. The highest BCUT2D eigenvalue weighted by molar-refractivity contribution is 5.85. The minimum atomic E-state index is -0.718. The number of carbonyl (C=O) groups is 1. The zero-order valence-electron chi connectivity index (χ0n) is 9.30. The Bertz CT molecular complexity index is 383. The van der Waals surface area contributed by atoms with Crippen LogP contribution >= 0.6 is 0 Å². The van der Waals surface area contributed by atoms with Gasteiger partial charge in [-0.1, -0.05) is 0 Å². The summed E-state index contributed by atoms with van der Waals surface area (Å²) in [5.74, 6) is 0.494. The van der Waals surface area contributed by atoms with Gasteiger partial charge in [0.05, 0.1) is 32.7 Å². The molecule has 0 aromatic carbocycles. The minimum absolute atomic E-state index is 0.252. The van der Waals surface area contributed by atoms with Gasteiger partial charge >= 0.3 is 6.09 Å². The molecular formula is C9H13N3O4. The number of ether oxygens (including phenoxy) is 1. The van der Waals surface area contributed by atoms with E-state index in [9.17, 15) is 4.79 Å². The van der Waals surface area contributed by atoms with Gasteiger partial charge in [0.1, 0.15) is 11.5 Å². The highest BCUT2D eigenvalue weighted by atomic mass is 16.7. The number of hydroxylamine groups is 1. The van der Waals surface area contributed by atoms with Crippen molar-refractivity contribution in [3.8, 4) is 0 Å². The largest absolute Gasteiger partial charge is 0.451 e. The number of aliphatic hydroxyl groups excluding tert-OH is 1. The molecule has 0 aliphatic heterocycles. The molecule has 1 aromatic rings. The molecule has 1 aromatic heterocycles. The lowest BCUT2D eigenvalue weighted by Crippen LogP contribution is -2.31. The molecule has 0 radical (unpaired) electrons. The van der Waals surface area contributed by atoms with Gasteiger partial charge in [-0.25, -0.2) is 14.8 Å². The van der Waals surface area contributed by atoms with Crippen LogP contribution in [0, 0.1) is 6.92 Å². The lowest BCUT2D eigenvalue weighted by Gasteiger charge is -2.19. The van der Waals surface area contributed by atoms with Crippen molar-refractivity contribution in [1.29, 1.82) is 0 Å². The quantitative estimate of drug-likeness (QED) is 0.753. The normalized spacial score (nSPS) is 10.0. The Kier molecular flexibility index (Phi) is 4.15. The van der Waals surface area contributed by atoms with Crippen LogP contribution in [-0.2, 0) is 16.2 Å². The van der Waals surface area contributed by atoms with Crippen molar-refractivity contribution in [1.82, 2.24) is 9.97 Å². The Morgan fingerprint density at radius 2 is 2.25 bits per heavy atom. The molecule has 0 bridgehead atoms. The topological polar surface area (TPSA) is 84.8 Å². The van der Waals surface area contributed by atoms with Gasteiger partial charge in [0.2, 0.25) is 0 Å². The Labute approximate surface area is 92.6 Å². The number of hydrogen-bond donors (Lipinski definition) is 1. The standard InChI is InChI=1S/C9H13N3O4/c1-6-10-4-8(7(5-13)11-6)12(16-3)9(14)15-2/h4,13H,5H2,1-3H3. The van der Waals surface area contributed by atoms with Crippen LogP contribution in [0.1, 0.15) is 11.5 Å². The molecule has 0 aliphatic rings. The average Bonchev–Trinajstić information content (AvgIpc) is 2.31. The Morgan fingerprint density at radius 3 is 2.75 bits per heavy atom. The summed E-state index contributed by atoms with van der Waals surface area (Å²) in [7, 11) is 2.53. The number of amides is 1. The molecule has 0 unspecified atom stereocenters. The van der Waals surface area contributed by atoms with Crippen LogP contribution in [0.5, 0.6) is 0 Å². The van der Waals surface area contributed by atoms with Crippen LogP contribution in [-0.4, -0.2) is 35.4 Å². The van der Waals surface area contributed by atoms with Gasteiger partial charge in [-0.3, -0.25) is 4.84 Å². The summed E-state index contributed by atoms with van der Waals surface area (Å²) >= 11 is 0. The first-order chi connectivity index (χ1) is 7.63. The van der Waals surface area contributed by atoms with E-state index in [0.717, 1.165) is 5.06 Å². The number of rotatable bonds is 3. The van der Waals surface area contributed by atoms with Crippen LogP contribution in [0.25, 0.3) is 0 Å². The van der Waals surface area contributed by atoms with Crippen LogP contribution in [0.3, 0.4) is 0 Å². The van der Waals surface area contributed by atoms with Crippen molar-refractivity contribution in [2.45, 2.75) is 13.5 Å². The van der Waals surface area contributed by atoms with E-state index in [0.29, 0.717) is 11.5 Å². The van der Waals surface area contributed by atoms with E-state index in [2.05, 4.69) is 14.7 Å². The summed E-state index contributed by atoms with van der Waals surface area (Å²) in [6.45, 7) is 1.35. The molecule has 1 amide bonds. The Morgan fingerprint density at radius 1 is 1.56 bits per heavy atom. The molecule has 0 saturated carbocycles. The maximum absolute atomic E-state index is 11.3. The molecule has 0 spiro atoms. The Hall–Kier alpha value is -1.73. The number of aryl methyl sites for hydroxylation is 1. The molecule has 88 valence electrons. The predicted octanol–water partition coefficient (Wildman–Crippen LogP) is 0.412. The van der Waals surface area contributed by atoms with Crippen LogP contribution in [0.15, 0.2) is 6.20 Å². The van der Waals surface area contributed by atoms with Crippen molar-refractivity contribution in [2.75, 3.05) is 19.3 Å². The highest BCUT2D eigenvalue weighted by Gasteiger charge is 2.20. The maximum atomic E-state index is 11.3. The smallest absolute Gasteiger partial charge is 0.438 e. The third-order valence-electron chi connectivity index (χ3n) is 1.86. The lowest BCUT2D eigenvalue weighted by molar-refractivity contribution is 0.114. The first-order valence-electron chi connectivity index (χ1n) is 4.49. The van der Waals surface area contributed by atoms with E-state index >= 15 is 0 Å². The Balaban J connectivity index is 3.14. The molecule has 1 N–H and O–H groups in total. The van der Waals surface area contributed by atoms with E-state index in [1.165, 1.54) is 20.4 Å². The molecule has 7 nitrogen and oxygen atoms in total. The fraction of sp³-hybridized carbons (Fsp3) is 0.444. The molecule has 0 fully saturated rings. The van der Waals surface area contributed by atoms with Crippen LogP contribution in [0.4, 0.5) is 10.5 Å². The zero-order valence-corrected chi connectivity index (χ0v) is 9.30. The van der Waals surface area contributed by atoms with Crippen molar-refractivity contribution < 1.29 is 19.5 Å². The number of carbonyl (C=O) groups excluding carboxylic acids is 1. The second-order valence-corrected chi connectivity index (χ2v) is 2.85. The van der Waals surface area contributed by atoms with Crippen molar-refractivity contribution in [3.63, 3.8) is 0 Å². The molecule has 1 rings (SSSR count). The average molecular weight is 227 g/mol. The molecule has 0 atom stereocenters. The van der Waals surface area contributed by atoms with E-state index < -0.39 is 6.09 Å². The summed E-state index contributed by atoms with van der Waals surface area (Å²) in [5, 5.41) is 9.98. The predicted molar refractivity (Wildman–Crippen MR) is 54.6 cm³/mol. The highest BCUT2D eigenvalue weighted by Crippen LogP contribution is 2.18. The number of hydrogen-bond acceptors (Lipinski definition) is 6.